The summed E-state index contributed by atoms with van der Waals surface area (Å²) < 4.78 is 44.4. The van der Waals surface area contributed by atoms with Crippen molar-refractivity contribution >= 4 is 23.2 Å². The molecule has 6 nitrogen and oxygen atoms in total. The number of carbonyl (C=O) groups is 1. The maximum Gasteiger partial charge on any atom is 0.434 e. The predicted octanol–water partition coefficient (Wildman–Crippen LogP) is 6.00. The first-order valence-corrected chi connectivity index (χ1v) is 11.1. The number of rotatable bonds is 4. The minimum absolute atomic E-state index is 0.142. The normalized spacial score (nSPS) is 13.5. The summed E-state index contributed by atoms with van der Waals surface area (Å²) in [5.41, 5.74) is 0.471. The maximum atomic E-state index is 13.9. The van der Waals surface area contributed by atoms with Crippen LogP contribution in [0.4, 0.5) is 18.9 Å². The van der Waals surface area contributed by atoms with Gasteiger partial charge in [0.1, 0.15) is 5.82 Å². The number of benzene rings is 2. The highest BCUT2D eigenvalue weighted by Crippen LogP contribution is 2.34. The van der Waals surface area contributed by atoms with Crippen LogP contribution >= 0.6 is 11.6 Å². The zero-order chi connectivity index (χ0) is 23.9. The highest BCUT2D eigenvalue weighted by Gasteiger charge is 2.40. The van der Waals surface area contributed by atoms with E-state index in [4.69, 9.17) is 11.6 Å². The van der Waals surface area contributed by atoms with Gasteiger partial charge in [-0.3, -0.25) is 4.79 Å². The summed E-state index contributed by atoms with van der Waals surface area (Å²) in [5, 5.41) is 6.72. The Balaban J connectivity index is 1.39. The zero-order valence-corrected chi connectivity index (χ0v) is 18.6. The summed E-state index contributed by atoms with van der Waals surface area (Å²) in [7, 11) is 0. The first-order valence-electron chi connectivity index (χ1n) is 10.7. The lowest BCUT2D eigenvalue weighted by atomic mass is 10.1. The Labute approximate surface area is 198 Å². The molecule has 0 saturated carbocycles. The Bertz CT molecular complexity index is 1320. The molecule has 1 aliphatic heterocycles. The van der Waals surface area contributed by atoms with Crippen molar-refractivity contribution in [3.63, 3.8) is 0 Å². The van der Waals surface area contributed by atoms with Crippen molar-refractivity contribution < 1.29 is 18.0 Å². The number of fused-ring (bicyclic) bond motifs is 1. The van der Waals surface area contributed by atoms with Crippen LogP contribution < -0.4 is 5.32 Å². The zero-order valence-electron chi connectivity index (χ0n) is 17.8. The van der Waals surface area contributed by atoms with Crippen LogP contribution in [0.1, 0.15) is 34.7 Å². The molecular weight excluding hydrogens is 467 g/mol. The summed E-state index contributed by atoms with van der Waals surface area (Å²) in [6.07, 6.45) is 1.31. The molecule has 1 aliphatic rings. The maximum absolute atomic E-state index is 13.9. The van der Waals surface area contributed by atoms with Gasteiger partial charge in [-0.25, -0.2) is 9.67 Å². The standard InChI is InChI=1S/C24H19ClF3N5O/c25-16-6-10-18(11-7-16)33-22(24(26,27)28)19(13-29-33)23(34)30-17-8-4-15(5-9-17)20-14-32-12-2-1-3-21(32)31-20/h4-11,13-14H,1-3,12H2,(H,30,34). The molecule has 174 valence electrons. The van der Waals surface area contributed by atoms with Crippen molar-refractivity contribution in [3.05, 3.63) is 83.0 Å². The Hall–Kier alpha value is -3.59. The minimum Gasteiger partial charge on any atom is -0.334 e. The largest absolute Gasteiger partial charge is 0.434 e. The average Bonchev–Trinajstić information content (AvgIpc) is 3.45. The van der Waals surface area contributed by atoms with Gasteiger partial charge in [-0.15, -0.1) is 0 Å². The Morgan fingerprint density at radius 2 is 1.76 bits per heavy atom. The van der Waals surface area contributed by atoms with Gasteiger partial charge >= 0.3 is 6.18 Å². The van der Waals surface area contributed by atoms with E-state index in [1.54, 1.807) is 24.3 Å². The van der Waals surface area contributed by atoms with E-state index in [2.05, 4.69) is 20.0 Å². The molecule has 4 aromatic rings. The van der Waals surface area contributed by atoms with Crippen LogP contribution in [0.25, 0.3) is 16.9 Å². The van der Waals surface area contributed by atoms with Gasteiger partial charge in [0, 0.05) is 35.4 Å². The van der Waals surface area contributed by atoms with Gasteiger partial charge in [0.25, 0.3) is 5.91 Å². The van der Waals surface area contributed by atoms with Gasteiger partial charge in [0.05, 0.1) is 23.1 Å². The molecule has 1 amide bonds. The molecule has 0 unspecified atom stereocenters. The topological polar surface area (TPSA) is 64.7 Å². The van der Waals surface area contributed by atoms with Gasteiger partial charge in [0.2, 0.25) is 0 Å². The number of hydrogen-bond donors (Lipinski definition) is 1. The Kier molecular flexibility index (Phi) is 5.65. The van der Waals surface area contributed by atoms with E-state index < -0.39 is 23.3 Å². The summed E-state index contributed by atoms with van der Waals surface area (Å²) in [5.74, 6) is 0.147. The highest BCUT2D eigenvalue weighted by molar-refractivity contribution is 6.30. The SMILES string of the molecule is O=C(Nc1ccc(-c2cn3c(n2)CCCC3)cc1)c1cnn(-c2ccc(Cl)cc2)c1C(F)(F)F. The second-order valence-corrected chi connectivity index (χ2v) is 8.45. The van der Waals surface area contributed by atoms with E-state index in [1.165, 1.54) is 24.3 Å². The predicted molar refractivity (Wildman–Crippen MR) is 122 cm³/mol. The van der Waals surface area contributed by atoms with Crippen molar-refractivity contribution in [3.8, 4) is 16.9 Å². The summed E-state index contributed by atoms with van der Waals surface area (Å²) in [6.45, 7) is 0.946. The van der Waals surface area contributed by atoms with E-state index in [-0.39, 0.29) is 5.69 Å². The van der Waals surface area contributed by atoms with Gasteiger partial charge in [-0.1, -0.05) is 23.7 Å². The number of anilines is 1. The number of alkyl halides is 3. The van der Waals surface area contributed by atoms with Crippen LogP contribution in [-0.4, -0.2) is 25.2 Å². The van der Waals surface area contributed by atoms with Crippen LogP contribution in [0.15, 0.2) is 60.9 Å². The summed E-state index contributed by atoms with van der Waals surface area (Å²) in [4.78, 5) is 17.4. The molecule has 0 fully saturated rings. The molecule has 2 aromatic carbocycles. The molecule has 0 aliphatic carbocycles. The number of aromatic nitrogens is 4. The molecule has 5 rings (SSSR count). The van der Waals surface area contributed by atoms with Crippen LogP contribution in [0.2, 0.25) is 5.02 Å². The number of hydrogen-bond acceptors (Lipinski definition) is 3. The van der Waals surface area contributed by atoms with Crippen molar-refractivity contribution in [1.29, 1.82) is 0 Å². The number of amides is 1. The van der Waals surface area contributed by atoms with E-state index >= 15 is 0 Å². The van der Waals surface area contributed by atoms with Crippen LogP contribution in [0.5, 0.6) is 0 Å². The molecular formula is C24H19ClF3N5O. The van der Waals surface area contributed by atoms with Gasteiger partial charge in [-0.2, -0.15) is 18.3 Å². The third kappa shape index (κ3) is 4.31. The van der Waals surface area contributed by atoms with Gasteiger partial charge in [0.15, 0.2) is 5.69 Å². The molecule has 3 heterocycles. The summed E-state index contributed by atoms with van der Waals surface area (Å²) >= 11 is 5.83. The van der Waals surface area contributed by atoms with Gasteiger partial charge < -0.3 is 9.88 Å². The number of nitrogens with one attached hydrogen (secondary N) is 1. The van der Waals surface area contributed by atoms with E-state index in [0.717, 1.165) is 49.1 Å². The van der Waals surface area contributed by atoms with E-state index in [9.17, 15) is 18.0 Å². The van der Waals surface area contributed by atoms with Crippen molar-refractivity contribution in [2.75, 3.05) is 5.32 Å². The second-order valence-electron chi connectivity index (χ2n) is 8.02. The van der Waals surface area contributed by atoms with Crippen molar-refractivity contribution in [2.24, 2.45) is 0 Å². The minimum atomic E-state index is -4.80. The number of halogens is 4. The lowest BCUT2D eigenvalue weighted by Crippen LogP contribution is -2.20. The average molecular weight is 486 g/mol. The van der Waals surface area contributed by atoms with Crippen LogP contribution in [0.3, 0.4) is 0 Å². The third-order valence-corrected chi connectivity index (χ3v) is 5.95. The quantitative estimate of drug-likeness (QED) is 0.386. The lowest BCUT2D eigenvalue weighted by Gasteiger charge is -2.13. The molecule has 1 N–H and O–H groups in total. The first-order chi connectivity index (χ1) is 16.3. The molecule has 10 heteroatoms. The molecule has 0 atom stereocenters. The fourth-order valence-corrected chi connectivity index (χ4v) is 4.17. The number of carbonyl (C=O) groups excluding carboxylic acids is 1. The fourth-order valence-electron chi connectivity index (χ4n) is 4.04. The molecule has 34 heavy (non-hydrogen) atoms. The number of aryl methyl sites for hydroxylation is 2. The van der Waals surface area contributed by atoms with Crippen molar-refractivity contribution in [2.45, 2.75) is 32.0 Å². The molecule has 0 radical (unpaired) electrons. The monoisotopic (exact) mass is 485 g/mol. The second kappa shape index (κ2) is 8.64. The highest BCUT2D eigenvalue weighted by atomic mass is 35.5. The Morgan fingerprint density at radius 1 is 1.03 bits per heavy atom. The smallest absolute Gasteiger partial charge is 0.334 e. The van der Waals surface area contributed by atoms with E-state index in [1.807, 2.05) is 6.20 Å². The molecule has 0 spiro atoms. The molecule has 0 saturated heterocycles. The first kappa shape index (κ1) is 22.2. The van der Waals surface area contributed by atoms with E-state index in [0.29, 0.717) is 15.4 Å². The number of imidazole rings is 1. The fraction of sp³-hybridized carbons (Fsp3) is 0.208. The third-order valence-electron chi connectivity index (χ3n) is 5.70. The van der Waals surface area contributed by atoms with Crippen molar-refractivity contribution in [1.82, 2.24) is 19.3 Å². The Morgan fingerprint density at radius 3 is 2.44 bits per heavy atom. The lowest BCUT2D eigenvalue weighted by molar-refractivity contribution is -0.143. The van der Waals surface area contributed by atoms with Crippen LogP contribution in [-0.2, 0) is 19.1 Å². The molecule has 2 aromatic heterocycles. The van der Waals surface area contributed by atoms with Crippen LogP contribution in [0, 0.1) is 0 Å². The summed E-state index contributed by atoms with van der Waals surface area (Å²) in [6, 6.07) is 12.6. The molecule has 0 bridgehead atoms. The number of nitrogens with zero attached hydrogens (tertiary/aromatic N) is 4. The van der Waals surface area contributed by atoms with Gasteiger partial charge in [-0.05, 0) is 49.2 Å².